The monoisotopic (exact) mass is 377 g/mol. The van der Waals surface area contributed by atoms with Crippen molar-refractivity contribution in [2.24, 2.45) is 0 Å². The molecular formula is C13H13F6NO3S. The molecule has 136 valence electrons. The van der Waals surface area contributed by atoms with Crippen molar-refractivity contribution < 1.29 is 39.5 Å². The molecule has 24 heavy (non-hydrogen) atoms. The van der Waals surface area contributed by atoms with Crippen LogP contribution in [0.1, 0.15) is 24.0 Å². The second kappa shape index (κ2) is 6.52. The third kappa shape index (κ3) is 4.61. The number of hydrogen-bond acceptors (Lipinski definition) is 3. The number of sulfonamides is 1. The maximum Gasteiger partial charge on any atom is 0.416 e. The lowest BCUT2D eigenvalue weighted by Crippen LogP contribution is -2.32. The highest BCUT2D eigenvalue weighted by Gasteiger charge is 2.38. The molecular weight excluding hydrogens is 364 g/mol. The summed E-state index contributed by atoms with van der Waals surface area (Å²) < 4.78 is 108. The van der Waals surface area contributed by atoms with Gasteiger partial charge in [-0.1, -0.05) is 0 Å². The average Bonchev–Trinajstić information content (AvgIpc) is 2.96. The molecule has 1 N–H and O–H groups in total. The van der Waals surface area contributed by atoms with E-state index in [9.17, 15) is 34.8 Å². The van der Waals surface area contributed by atoms with Crippen molar-refractivity contribution in [2.45, 2.75) is 36.2 Å². The Morgan fingerprint density at radius 2 is 1.58 bits per heavy atom. The molecule has 1 aliphatic rings. The van der Waals surface area contributed by atoms with Gasteiger partial charge in [0.1, 0.15) is 0 Å². The highest BCUT2D eigenvalue weighted by molar-refractivity contribution is 7.89. The number of ether oxygens (including phenoxy) is 1. The Morgan fingerprint density at radius 3 is 2.00 bits per heavy atom. The van der Waals surface area contributed by atoms with Gasteiger partial charge in [-0.25, -0.2) is 13.1 Å². The van der Waals surface area contributed by atoms with Crippen LogP contribution in [0.25, 0.3) is 0 Å². The number of rotatable bonds is 4. The van der Waals surface area contributed by atoms with Crippen LogP contribution < -0.4 is 4.72 Å². The Hall–Kier alpha value is -1.33. The molecule has 0 saturated carbocycles. The molecule has 1 atom stereocenters. The van der Waals surface area contributed by atoms with Crippen molar-refractivity contribution in [3.63, 3.8) is 0 Å². The zero-order valence-corrected chi connectivity index (χ0v) is 12.9. The minimum Gasteiger partial charge on any atom is -0.377 e. The topological polar surface area (TPSA) is 55.4 Å². The Kier molecular flexibility index (Phi) is 5.17. The van der Waals surface area contributed by atoms with Crippen LogP contribution in [0.2, 0.25) is 0 Å². The first-order valence-corrected chi connectivity index (χ1v) is 8.29. The van der Waals surface area contributed by atoms with Crippen molar-refractivity contribution in [2.75, 3.05) is 13.2 Å². The molecule has 0 radical (unpaired) electrons. The van der Waals surface area contributed by atoms with E-state index < -0.39 is 44.5 Å². The lowest BCUT2D eigenvalue weighted by molar-refractivity contribution is -0.143. The third-order valence-electron chi connectivity index (χ3n) is 3.40. The SMILES string of the molecule is O=S(=O)(NCC1CCCO1)c1cc(C(F)(F)F)cc(C(F)(F)F)c1. The summed E-state index contributed by atoms with van der Waals surface area (Å²) in [6.07, 6.45) is -9.42. The van der Waals surface area contributed by atoms with Crippen molar-refractivity contribution >= 4 is 10.0 Å². The minimum absolute atomic E-state index is 0.126. The Labute approximate surface area is 133 Å². The van der Waals surface area contributed by atoms with E-state index in [0.717, 1.165) is 0 Å². The van der Waals surface area contributed by atoms with E-state index in [0.29, 0.717) is 19.4 Å². The largest absolute Gasteiger partial charge is 0.416 e. The normalized spacial score (nSPS) is 19.7. The van der Waals surface area contributed by atoms with Gasteiger partial charge >= 0.3 is 12.4 Å². The molecule has 0 aliphatic carbocycles. The molecule has 2 rings (SSSR count). The maximum absolute atomic E-state index is 12.8. The van der Waals surface area contributed by atoms with Gasteiger partial charge in [-0.3, -0.25) is 0 Å². The van der Waals surface area contributed by atoms with Crippen LogP contribution in [0.15, 0.2) is 23.1 Å². The molecule has 1 saturated heterocycles. The first-order valence-electron chi connectivity index (χ1n) is 6.80. The van der Waals surface area contributed by atoms with Gasteiger partial charge in [0.25, 0.3) is 0 Å². The Balaban J connectivity index is 2.36. The molecule has 1 fully saturated rings. The van der Waals surface area contributed by atoms with Gasteiger partial charge in [-0.2, -0.15) is 26.3 Å². The van der Waals surface area contributed by atoms with Crippen LogP contribution in [-0.4, -0.2) is 27.7 Å². The van der Waals surface area contributed by atoms with Crippen LogP contribution in [0, 0.1) is 0 Å². The molecule has 0 spiro atoms. The quantitative estimate of drug-likeness (QED) is 0.820. The number of alkyl halides is 6. The van der Waals surface area contributed by atoms with E-state index in [4.69, 9.17) is 4.74 Å². The van der Waals surface area contributed by atoms with Gasteiger partial charge in [0.15, 0.2) is 0 Å². The number of nitrogens with one attached hydrogen (secondary N) is 1. The third-order valence-corrected chi connectivity index (χ3v) is 4.80. The van der Waals surface area contributed by atoms with Gasteiger partial charge in [0.2, 0.25) is 10.0 Å². The van der Waals surface area contributed by atoms with Crippen LogP contribution in [0.3, 0.4) is 0 Å². The predicted molar refractivity (Wildman–Crippen MR) is 70.6 cm³/mol. The molecule has 0 bridgehead atoms. The number of hydrogen-bond donors (Lipinski definition) is 1. The summed E-state index contributed by atoms with van der Waals surface area (Å²) in [7, 11) is -4.54. The molecule has 4 nitrogen and oxygen atoms in total. The summed E-state index contributed by atoms with van der Waals surface area (Å²) in [5.41, 5.74) is -3.37. The highest BCUT2D eigenvalue weighted by Crippen LogP contribution is 2.37. The summed E-state index contributed by atoms with van der Waals surface area (Å²) in [5, 5.41) is 0. The summed E-state index contributed by atoms with van der Waals surface area (Å²) in [4.78, 5) is -1.09. The number of benzene rings is 1. The fourth-order valence-electron chi connectivity index (χ4n) is 2.17. The van der Waals surface area contributed by atoms with Crippen LogP contribution in [-0.2, 0) is 27.1 Å². The van der Waals surface area contributed by atoms with Gasteiger partial charge in [0, 0.05) is 13.2 Å². The Morgan fingerprint density at radius 1 is 1.04 bits per heavy atom. The van der Waals surface area contributed by atoms with E-state index in [1.54, 1.807) is 0 Å². The van der Waals surface area contributed by atoms with E-state index in [1.807, 2.05) is 4.72 Å². The molecule has 1 heterocycles. The fraction of sp³-hybridized carbons (Fsp3) is 0.538. The smallest absolute Gasteiger partial charge is 0.377 e. The van der Waals surface area contributed by atoms with Gasteiger partial charge in [0.05, 0.1) is 22.1 Å². The predicted octanol–water partition coefficient (Wildman–Crippen LogP) is 3.18. The first-order chi connectivity index (χ1) is 10.9. The maximum atomic E-state index is 12.8. The summed E-state index contributed by atoms with van der Waals surface area (Å²) in [6, 6.07) is 0.221. The van der Waals surface area contributed by atoms with E-state index in [-0.39, 0.29) is 24.7 Å². The van der Waals surface area contributed by atoms with Crippen LogP contribution in [0.4, 0.5) is 26.3 Å². The zero-order chi connectivity index (χ0) is 18.2. The lowest BCUT2D eigenvalue weighted by Gasteiger charge is -2.16. The molecule has 1 aromatic carbocycles. The molecule has 1 unspecified atom stereocenters. The van der Waals surface area contributed by atoms with Crippen molar-refractivity contribution in [3.8, 4) is 0 Å². The van der Waals surface area contributed by atoms with Crippen LogP contribution in [0.5, 0.6) is 0 Å². The second-order valence-corrected chi connectivity index (χ2v) is 7.00. The lowest BCUT2D eigenvalue weighted by atomic mass is 10.1. The highest BCUT2D eigenvalue weighted by atomic mass is 32.2. The fourth-order valence-corrected chi connectivity index (χ4v) is 3.31. The average molecular weight is 377 g/mol. The number of halogens is 6. The van der Waals surface area contributed by atoms with Gasteiger partial charge in [-0.15, -0.1) is 0 Å². The van der Waals surface area contributed by atoms with E-state index in [1.165, 1.54) is 0 Å². The van der Waals surface area contributed by atoms with E-state index >= 15 is 0 Å². The standard InChI is InChI=1S/C13H13F6NO3S/c14-12(15,16)8-4-9(13(17,18)19)6-11(5-8)24(21,22)20-7-10-2-1-3-23-10/h4-6,10,20H,1-3,7H2. The molecule has 0 amide bonds. The summed E-state index contributed by atoms with van der Waals surface area (Å²) >= 11 is 0. The van der Waals surface area contributed by atoms with Crippen LogP contribution >= 0.6 is 0 Å². The first kappa shape index (κ1) is 19.0. The Bertz CT molecular complexity index is 660. The van der Waals surface area contributed by atoms with Gasteiger partial charge in [-0.05, 0) is 31.0 Å². The zero-order valence-electron chi connectivity index (χ0n) is 12.0. The van der Waals surface area contributed by atoms with Crippen molar-refractivity contribution in [1.29, 1.82) is 0 Å². The molecule has 0 aromatic heterocycles. The van der Waals surface area contributed by atoms with E-state index in [2.05, 4.69) is 0 Å². The van der Waals surface area contributed by atoms with Crippen molar-refractivity contribution in [1.82, 2.24) is 4.72 Å². The summed E-state index contributed by atoms with van der Waals surface area (Å²) in [6.45, 7) is 0.202. The van der Waals surface area contributed by atoms with Crippen molar-refractivity contribution in [3.05, 3.63) is 29.3 Å². The molecule has 1 aromatic rings. The minimum atomic E-state index is -5.11. The molecule has 11 heteroatoms. The van der Waals surface area contributed by atoms with Gasteiger partial charge < -0.3 is 4.74 Å². The molecule has 1 aliphatic heterocycles. The second-order valence-electron chi connectivity index (χ2n) is 5.23. The summed E-state index contributed by atoms with van der Waals surface area (Å²) in [5.74, 6) is 0.